The van der Waals surface area contributed by atoms with Crippen molar-refractivity contribution in [1.29, 1.82) is 0 Å². The number of para-hydroxylation sites is 1. The van der Waals surface area contributed by atoms with Gasteiger partial charge in [0.15, 0.2) is 17.5 Å². The molecule has 3 aromatic rings. The van der Waals surface area contributed by atoms with E-state index in [0.717, 1.165) is 12.8 Å². The van der Waals surface area contributed by atoms with Crippen LogP contribution in [0.25, 0.3) is 5.52 Å². The van der Waals surface area contributed by atoms with Crippen LogP contribution in [0.5, 0.6) is 5.75 Å². The molecule has 3 aliphatic rings. The first-order chi connectivity index (χ1) is 22.9. The third kappa shape index (κ3) is 6.76. The van der Waals surface area contributed by atoms with E-state index >= 15 is 0 Å². The average molecular weight is 688 g/mol. The molecule has 0 spiro atoms. The number of nitrogens with zero attached hydrogens (tertiary/aromatic N) is 3. The smallest absolute Gasteiger partial charge is 0.459 e. The standard InChI is InChI=1S/C31H38N5O11P/c1-19(29(39)42-15-22-11-13-41-14-12-22)35-48(40,47-23-7-5-4-6-8-23)43-17-30-16-31(30,45-21(3)38)27(44-20(2)37)26(46-30)24-9-10-25-28(32)33-18-34-36(24)25/h4-10,18-19,22,26-27H,11-17H2,1-3H3,(H,35,40)(H2,32,33,34)/t19-,26-,27-,30+,31-,48-/m0/s1. The van der Waals surface area contributed by atoms with E-state index in [0.29, 0.717) is 24.4 Å². The molecule has 1 aromatic carbocycles. The number of hydrogen-bond acceptors (Lipinski definition) is 14. The molecule has 17 heteroatoms. The van der Waals surface area contributed by atoms with Gasteiger partial charge in [-0.05, 0) is 49.9 Å². The van der Waals surface area contributed by atoms with Crippen LogP contribution in [0.15, 0.2) is 48.8 Å². The molecule has 0 bridgehead atoms. The van der Waals surface area contributed by atoms with E-state index in [1.807, 2.05) is 0 Å². The lowest BCUT2D eigenvalue weighted by molar-refractivity contribution is -0.170. The third-order valence-corrected chi connectivity index (χ3v) is 10.3. The highest BCUT2D eigenvalue weighted by atomic mass is 31.2. The molecule has 48 heavy (non-hydrogen) atoms. The molecule has 0 amide bonds. The number of rotatable bonds is 13. The van der Waals surface area contributed by atoms with Crippen LogP contribution in [-0.2, 0) is 47.2 Å². The molecule has 3 N–H and O–H groups in total. The van der Waals surface area contributed by atoms with Gasteiger partial charge in [-0.2, -0.15) is 10.2 Å². The van der Waals surface area contributed by atoms with Crippen LogP contribution in [0.2, 0.25) is 0 Å². The zero-order valence-electron chi connectivity index (χ0n) is 26.7. The topological polar surface area (TPSA) is 201 Å². The minimum atomic E-state index is -4.35. The lowest BCUT2D eigenvalue weighted by Gasteiger charge is -2.26. The highest BCUT2D eigenvalue weighted by Gasteiger charge is 2.84. The molecule has 6 atom stereocenters. The van der Waals surface area contributed by atoms with E-state index in [-0.39, 0.29) is 30.5 Å². The van der Waals surface area contributed by atoms with E-state index in [4.69, 9.17) is 38.5 Å². The largest absolute Gasteiger partial charge is 0.464 e. The second-order valence-corrected chi connectivity index (χ2v) is 13.8. The summed E-state index contributed by atoms with van der Waals surface area (Å²) in [7, 11) is -4.35. The van der Waals surface area contributed by atoms with Gasteiger partial charge in [0.05, 0.1) is 18.9 Å². The second-order valence-electron chi connectivity index (χ2n) is 12.1. The van der Waals surface area contributed by atoms with Gasteiger partial charge in [0.2, 0.25) is 0 Å². The van der Waals surface area contributed by atoms with Crippen molar-refractivity contribution in [3.8, 4) is 5.75 Å². The van der Waals surface area contributed by atoms with Crippen molar-refractivity contribution in [2.24, 2.45) is 5.92 Å². The Balaban J connectivity index is 1.26. The van der Waals surface area contributed by atoms with Crippen molar-refractivity contribution < 1.29 is 51.7 Å². The molecule has 2 aromatic heterocycles. The number of carbonyl (C=O) groups is 3. The summed E-state index contributed by atoms with van der Waals surface area (Å²) < 4.78 is 56.7. The first-order valence-electron chi connectivity index (χ1n) is 15.6. The average Bonchev–Trinajstić information content (AvgIpc) is 3.31. The van der Waals surface area contributed by atoms with Crippen molar-refractivity contribution in [1.82, 2.24) is 19.7 Å². The Morgan fingerprint density at radius 3 is 2.58 bits per heavy atom. The summed E-state index contributed by atoms with van der Waals surface area (Å²) in [4.78, 5) is 41.8. The molecule has 2 aliphatic heterocycles. The first-order valence-corrected chi connectivity index (χ1v) is 17.1. The zero-order valence-corrected chi connectivity index (χ0v) is 27.6. The number of ether oxygens (including phenoxy) is 5. The van der Waals surface area contributed by atoms with Crippen molar-refractivity contribution in [2.75, 3.05) is 32.2 Å². The number of nitrogen functional groups attached to an aromatic ring is 1. The van der Waals surface area contributed by atoms with E-state index in [1.54, 1.807) is 42.5 Å². The quantitative estimate of drug-likeness (QED) is 0.151. The van der Waals surface area contributed by atoms with Crippen molar-refractivity contribution in [3.63, 3.8) is 0 Å². The number of esters is 3. The number of anilines is 1. The summed E-state index contributed by atoms with van der Waals surface area (Å²) in [6.45, 7) is 4.88. The molecule has 2 saturated heterocycles. The summed E-state index contributed by atoms with van der Waals surface area (Å²) in [5.74, 6) is -1.37. The molecule has 6 rings (SSSR count). The number of aromatic nitrogens is 3. The normalized spacial score (nSPS) is 27.0. The first kappa shape index (κ1) is 33.8. The fraction of sp³-hybridized carbons (Fsp3) is 0.516. The van der Waals surface area contributed by atoms with Crippen molar-refractivity contribution in [3.05, 3.63) is 54.5 Å². The minimum absolute atomic E-state index is 0.0441. The molecular weight excluding hydrogens is 649 g/mol. The van der Waals surface area contributed by atoms with Crippen LogP contribution < -0.4 is 15.3 Å². The lowest BCUT2D eigenvalue weighted by atomic mass is 10.0. The predicted octanol–water partition coefficient (Wildman–Crippen LogP) is 2.91. The molecule has 1 aliphatic carbocycles. The third-order valence-electron chi connectivity index (χ3n) is 8.65. The predicted molar refractivity (Wildman–Crippen MR) is 166 cm³/mol. The number of fused-ring (bicyclic) bond motifs is 2. The number of carbonyl (C=O) groups excluding carboxylic acids is 3. The van der Waals surface area contributed by atoms with Crippen LogP contribution in [0.4, 0.5) is 5.82 Å². The van der Waals surface area contributed by atoms with Gasteiger partial charge in [-0.3, -0.25) is 18.9 Å². The van der Waals surface area contributed by atoms with Crippen LogP contribution in [-0.4, -0.2) is 82.3 Å². The maximum absolute atomic E-state index is 14.4. The zero-order chi connectivity index (χ0) is 34.1. The molecule has 258 valence electrons. The van der Waals surface area contributed by atoms with Crippen LogP contribution in [0.1, 0.15) is 51.8 Å². The number of hydrogen-bond donors (Lipinski definition) is 2. The maximum atomic E-state index is 14.4. The van der Waals surface area contributed by atoms with E-state index in [1.165, 1.54) is 31.6 Å². The Labute approximate surface area is 276 Å². The number of benzene rings is 1. The Kier molecular flexibility index (Phi) is 9.46. The van der Waals surface area contributed by atoms with E-state index < -0.39 is 61.7 Å². The van der Waals surface area contributed by atoms with Gasteiger partial charge >= 0.3 is 25.7 Å². The molecule has 16 nitrogen and oxygen atoms in total. The minimum Gasteiger partial charge on any atom is -0.464 e. The van der Waals surface area contributed by atoms with Gasteiger partial charge in [-0.1, -0.05) is 18.2 Å². The van der Waals surface area contributed by atoms with Crippen LogP contribution >= 0.6 is 7.75 Å². The van der Waals surface area contributed by atoms with E-state index in [2.05, 4.69) is 15.2 Å². The van der Waals surface area contributed by atoms with Gasteiger partial charge in [-0.15, -0.1) is 0 Å². The van der Waals surface area contributed by atoms with Crippen LogP contribution in [0.3, 0.4) is 0 Å². The fourth-order valence-corrected chi connectivity index (χ4v) is 7.79. The van der Waals surface area contributed by atoms with Gasteiger partial charge in [0, 0.05) is 33.5 Å². The Morgan fingerprint density at radius 1 is 1.12 bits per heavy atom. The van der Waals surface area contributed by atoms with Gasteiger partial charge in [0.25, 0.3) is 0 Å². The molecule has 1 saturated carbocycles. The molecule has 3 fully saturated rings. The van der Waals surface area contributed by atoms with Gasteiger partial charge < -0.3 is 33.9 Å². The second kappa shape index (κ2) is 13.4. The summed E-state index contributed by atoms with van der Waals surface area (Å²) in [5.41, 5.74) is 4.01. The van der Waals surface area contributed by atoms with Crippen molar-refractivity contribution in [2.45, 2.75) is 69.5 Å². The monoisotopic (exact) mass is 687 g/mol. The fourth-order valence-electron chi connectivity index (χ4n) is 6.25. The summed E-state index contributed by atoms with van der Waals surface area (Å²) in [5, 5.41) is 6.96. The highest BCUT2D eigenvalue weighted by Crippen LogP contribution is 2.67. The maximum Gasteiger partial charge on any atom is 0.459 e. The number of nitrogens with two attached hydrogens (primary N) is 1. The lowest BCUT2D eigenvalue weighted by Crippen LogP contribution is -2.41. The summed E-state index contributed by atoms with van der Waals surface area (Å²) in [6, 6.07) is 10.5. The Morgan fingerprint density at radius 2 is 1.88 bits per heavy atom. The van der Waals surface area contributed by atoms with Crippen LogP contribution in [0, 0.1) is 5.92 Å². The molecule has 4 heterocycles. The number of nitrogens with one attached hydrogen (secondary N) is 1. The SMILES string of the molecule is CC(=O)O[C@H]1[C@H](c2ccc3c(N)ncnn23)O[C@@]2(CO[P@@](=O)(N[C@@H](C)C(=O)OCC3CCOCC3)Oc3ccccc3)C[C@]12OC(C)=O. The van der Waals surface area contributed by atoms with E-state index in [9.17, 15) is 18.9 Å². The van der Waals surface area contributed by atoms with Gasteiger partial charge in [0.1, 0.15) is 35.3 Å². The summed E-state index contributed by atoms with van der Waals surface area (Å²) in [6.07, 6.45) is 0.704. The Hall–Kier alpha value is -4.08. The molecular formula is C31H38N5O11P. The molecule has 0 radical (unpaired) electrons. The van der Waals surface area contributed by atoms with Crippen molar-refractivity contribution >= 4 is 37.0 Å². The Bertz CT molecular complexity index is 1720. The summed E-state index contributed by atoms with van der Waals surface area (Å²) >= 11 is 0. The molecule has 0 unspecified atom stereocenters. The highest BCUT2D eigenvalue weighted by molar-refractivity contribution is 7.52. The van der Waals surface area contributed by atoms with Gasteiger partial charge in [-0.25, -0.2) is 14.1 Å².